The predicted molar refractivity (Wildman–Crippen MR) is 105 cm³/mol. The van der Waals surface area contributed by atoms with E-state index < -0.39 is 0 Å². The highest BCUT2D eigenvalue weighted by atomic mass is 32.1. The quantitative estimate of drug-likeness (QED) is 0.738. The van der Waals surface area contributed by atoms with Gasteiger partial charge in [-0.2, -0.15) is 5.10 Å². The Bertz CT molecular complexity index is 899. The van der Waals surface area contributed by atoms with E-state index in [9.17, 15) is 0 Å². The average Bonchev–Trinajstić information content (AvgIpc) is 3.30. The van der Waals surface area contributed by atoms with Crippen LogP contribution in [0.15, 0.2) is 30.6 Å². The first-order valence-electron chi connectivity index (χ1n) is 8.98. The SMILES string of the molecule is Cc1cnc(Nc2cccc([C@H]3CCCN3Cc3cn(C)nc3C)n2)s1. The first kappa shape index (κ1) is 17.2. The minimum atomic E-state index is 0.356. The zero-order valence-electron chi connectivity index (χ0n) is 15.4. The van der Waals surface area contributed by atoms with E-state index >= 15 is 0 Å². The third kappa shape index (κ3) is 3.64. The molecule has 1 saturated heterocycles. The smallest absolute Gasteiger partial charge is 0.188 e. The summed E-state index contributed by atoms with van der Waals surface area (Å²) in [6, 6.07) is 6.58. The second kappa shape index (κ2) is 7.17. The van der Waals surface area contributed by atoms with Gasteiger partial charge in [0.1, 0.15) is 5.82 Å². The van der Waals surface area contributed by atoms with Crippen molar-refractivity contribution in [3.8, 4) is 0 Å². The molecule has 0 aromatic carbocycles. The highest BCUT2D eigenvalue weighted by Crippen LogP contribution is 2.33. The molecule has 0 unspecified atom stereocenters. The number of aromatic nitrogens is 4. The number of thiazole rings is 1. The van der Waals surface area contributed by atoms with Gasteiger partial charge < -0.3 is 5.32 Å². The van der Waals surface area contributed by atoms with E-state index in [2.05, 4.69) is 52.5 Å². The van der Waals surface area contributed by atoms with Crippen molar-refractivity contribution in [2.75, 3.05) is 11.9 Å². The Morgan fingerprint density at radius 1 is 1.31 bits per heavy atom. The summed E-state index contributed by atoms with van der Waals surface area (Å²) in [4.78, 5) is 13.0. The van der Waals surface area contributed by atoms with Crippen molar-refractivity contribution < 1.29 is 0 Å². The van der Waals surface area contributed by atoms with Crippen molar-refractivity contribution in [3.63, 3.8) is 0 Å². The molecule has 26 heavy (non-hydrogen) atoms. The minimum absolute atomic E-state index is 0.356. The van der Waals surface area contributed by atoms with Gasteiger partial charge in [-0.15, -0.1) is 11.3 Å². The van der Waals surface area contributed by atoms with E-state index in [0.29, 0.717) is 6.04 Å². The normalized spacial score (nSPS) is 17.7. The summed E-state index contributed by atoms with van der Waals surface area (Å²) in [6.07, 6.45) is 6.35. The summed E-state index contributed by atoms with van der Waals surface area (Å²) in [6.45, 7) is 6.17. The highest BCUT2D eigenvalue weighted by Gasteiger charge is 2.28. The van der Waals surface area contributed by atoms with Crippen molar-refractivity contribution >= 4 is 22.3 Å². The molecular formula is C19H24N6S. The highest BCUT2D eigenvalue weighted by molar-refractivity contribution is 7.15. The van der Waals surface area contributed by atoms with Gasteiger partial charge in [-0.25, -0.2) is 9.97 Å². The number of likely N-dealkylation sites (tertiary alicyclic amines) is 1. The number of nitrogens with zero attached hydrogens (tertiary/aromatic N) is 5. The number of hydrogen-bond donors (Lipinski definition) is 1. The first-order chi connectivity index (χ1) is 12.6. The van der Waals surface area contributed by atoms with Crippen molar-refractivity contribution in [3.05, 3.63) is 52.4 Å². The Kier molecular flexibility index (Phi) is 4.74. The molecule has 1 aliphatic heterocycles. The van der Waals surface area contributed by atoms with Crippen LogP contribution < -0.4 is 5.32 Å². The van der Waals surface area contributed by atoms with Gasteiger partial charge in [-0.3, -0.25) is 9.58 Å². The van der Waals surface area contributed by atoms with Crippen molar-refractivity contribution in [2.45, 2.75) is 39.3 Å². The molecule has 0 saturated carbocycles. The van der Waals surface area contributed by atoms with Crippen LogP contribution in [0.3, 0.4) is 0 Å². The monoisotopic (exact) mass is 368 g/mol. The van der Waals surface area contributed by atoms with E-state index in [4.69, 9.17) is 4.98 Å². The lowest BCUT2D eigenvalue weighted by atomic mass is 10.1. The second-order valence-electron chi connectivity index (χ2n) is 6.89. The van der Waals surface area contributed by atoms with Gasteiger partial charge in [0.2, 0.25) is 0 Å². The number of aryl methyl sites for hydroxylation is 3. The number of rotatable bonds is 5. The lowest BCUT2D eigenvalue weighted by molar-refractivity contribution is 0.244. The van der Waals surface area contributed by atoms with Crippen LogP contribution in [0.1, 0.15) is 40.7 Å². The van der Waals surface area contributed by atoms with Crippen LogP contribution in [0.25, 0.3) is 0 Å². The molecule has 0 amide bonds. The van der Waals surface area contributed by atoms with Crippen LogP contribution >= 0.6 is 11.3 Å². The fraction of sp³-hybridized carbons (Fsp3) is 0.421. The Hall–Kier alpha value is -2.25. The fourth-order valence-corrected chi connectivity index (χ4v) is 4.27. The van der Waals surface area contributed by atoms with Crippen LogP contribution in [-0.2, 0) is 13.6 Å². The van der Waals surface area contributed by atoms with Crippen molar-refractivity contribution in [2.24, 2.45) is 7.05 Å². The molecule has 1 atom stereocenters. The van der Waals surface area contributed by atoms with Gasteiger partial charge in [-0.1, -0.05) is 6.07 Å². The van der Waals surface area contributed by atoms with Gasteiger partial charge in [0, 0.05) is 36.4 Å². The maximum absolute atomic E-state index is 4.87. The van der Waals surface area contributed by atoms with Crippen LogP contribution in [0.4, 0.5) is 10.9 Å². The largest absolute Gasteiger partial charge is 0.316 e. The molecule has 0 spiro atoms. The second-order valence-corrected chi connectivity index (χ2v) is 8.13. The van der Waals surface area contributed by atoms with Crippen LogP contribution in [0.5, 0.6) is 0 Å². The third-order valence-electron chi connectivity index (χ3n) is 4.82. The number of pyridine rings is 1. The Morgan fingerprint density at radius 3 is 2.92 bits per heavy atom. The molecule has 1 fully saturated rings. The Balaban J connectivity index is 1.52. The predicted octanol–water partition coefficient (Wildman–Crippen LogP) is 3.97. The number of anilines is 2. The van der Waals surface area contributed by atoms with Crippen LogP contribution in [0, 0.1) is 13.8 Å². The van der Waals surface area contributed by atoms with E-state index in [1.54, 1.807) is 11.3 Å². The Labute approximate surface area is 157 Å². The zero-order chi connectivity index (χ0) is 18.1. The van der Waals surface area contributed by atoms with Gasteiger partial charge in [-0.05, 0) is 45.4 Å². The molecule has 6 nitrogen and oxygen atoms in total. The first-order valence-corrected chi connectivity index (χ1v) is 9.80. The fourth-order valence-electron chi connectivity index (χ4n) is 3.60. The third-order valence-corrected chi connectivity index (χ3v) is 5.65. The molecule has 0 radical (unpaired) electrons. The molecule has 4 heterocycles. The molecule has 136 valence electrons. The maximum atomic E-state index is 4.87. The summed E-state index contributed by atoms with van der Waals surface area (Å²) in [5.74, 6) is 0.862. The molecule has 1 aliphatic rings. The van der Waals surface area contributed by atoms with Crippen molar-refractivity contribution in [1.29, 1.82) is 0 Å². The lowest BCUT2D eigenvalue weighted by Gasteiger charge is -2.24. The molecule has 7 heteroatoms. The number of hydrogen-bond acceptors (Lipinski definition) is 6. The topological polar surface area (TPSA) is 58.9 Å². The summed E-state index contributed by atoms with van der Waals surface area (Å²) in [5.41, 5.74) is 3.54. The molecule has 3 aromatic heterocycles. The summed E-state index contributed by atoms with van der Waals surface area (Å²) < 4.78 is 1.90. The minimum Gasteiger partial charge on any atom is -0.316 e. The van der Waals surface area contributed by atoms with Gasteiger partial charge in [0.25, 0.3) is 0 Å². The molecule has 0 bridgehead atoms. The molecular weight excluding hydrogens is 344 g/mol. The number of nitrogens with one attached hydrogen (secondary N) is 1. The maximum Gasteiger partial charge on any atom is 0.188 e. The van der Waals surface area contributed by atoms with Crippen molar-refractivity contribution in [1.82, 2.24) is 24.6 Å². The lowest BCUT2D eigenvalue weighted by Crippen LogP contribution is -2.23. The molecule has 3 aromatic rings. The van der Waals surface area contributed by atoms with Crippen LogP contribution in [-0.4, -0.2) is 31.2 Å². The molecule has 1 N–H and O–H groups in total. The summed E-state index contributed by atoms with van der Waals surface area (Å²) in [7, 11) is 1.98. The van der Waals surface area contributed by atoms with Crippen LogP contribution in [0.2, 0.25) is 0 Å². The summed E-state index contributed by atoms with van der Waals surface area (Å²) >= 11 is 1.65. The van der Waals surface area contributed by atoms with Gasteiger partial charge >= 0.3 is 0 Å². The van der Waals surface area contributed by atoms with E-state index in [-0.39, 0.29) is 0 Å². The van der Waals surface area contributed by atoms with Gasteiger partial charge in [0.15, 0.2) is 5.13 Å². The zero-order valence-corrected chi connectivity index (χ0v) is 16.3. The van der Waals surface area contributed by atoms with E-state index in [1.807, 2.05) is 24.0 Å². The average molecular weight is 369 g/mol. The van der Waals surface area contributed by atoms with E-state index in [1.165, 1.54) is 16.9 Å². The van der Waals surface area contributed by atoms with Gasteiger partial charge in [0.05, 0.1) is 17.4 Å². The molecule has 4 rings (SSSR count). The Morgan fingerprint density at radius 2 is 2.19 bits per heavy atom. The molecule has 0 aliphatic carbocycles. The standard InChI is InChI=1S/C19H24N6S/c1-13-10-20-19(26-13)22-18-8-4-6-16(21-18)17-7-5-9-25(17)12-15-11-24(3)23-14(15)2/h4,6,8,10-11,17H,5,7,9,12H2,1-3H3,(H,20,21,22)/t17-/m1/s1. The van der Waals surface area contributed by atoms with E-state index in [0.717, 1.165) is 41.8 Å². The summed E-state index contributed by atoms with van der Waals surface area (Å²) in [5, 5.41) is 8.69.